The van der Waals surface area contributed by atoms with Crippen molar-refractivity contribution in [2.45, 2.75) is 65.0 Å². The normalized spacial score (nSPS) is 12.9. The molecule has 1 heterocycles. The van der Waals surface area contributed by atoms with Crippen LogP contribution in [-0.2, 0) is 6.54 Å². The fourth-order valence-electron chi connectivity index (χ4n) is 1.76. The van der Waals surface area contributed by atoms with Crippen molar-refractivity contribution in [3.63, 3.8) is 0 Å². The predicted octanol–water partition coefficient (Wildman–Crippen LogP) is 3.98. The Morgan fingerprint density at radius 1 is 1.31 bits per heavy atom. The van der Waals surface area contributed by atoms with Crippen LogP contribution in [0.25, 0.3) is 0 Å². The van der Waals surface area contributed by atoms with E-state index in [1.165, 1.54) is 43.5 Å². The first-order valence-corrected chi connectivity index (χ1v) is 7.32. The summed E-state index contributed by atoms with van der Waals surface area (Å²) in [6.45, 7) is 5.46. The molecule has 1 atom stereocenters. The SMILES string of the molecule is CCCCCCCC(C)NCc1nccs1. The summed E-state index contributed by atoms with van der Waals surface area (Å²) in [6.07, 6.45) is 10.0. The van der Waals surface area contributed by atoms with Crippen molar-refractivity contribution in [3.05, 3.63) is 16.6 Å². The minimum atomic E-state index is 0.616. The van der Waals surface area contributed by atoms with Gasteiger partial charge in [0.05, 0.1) is 0 Å². The van der Waals surface area contributed by atoms with Crippen LogP contribution in [-0.4, -0.2) is 11.0 Å². The third kappa shape index (κ3) is 6.23. The number of thiazole rings is 1. The van der Waals surface area contributed by atoms with Crippen molar-refractivity contribution in [1.82, 2.24) is 10.3 Å². The summed E-state index contributed by atoms with van der Waals surface area (Å²) in [5.74, 6) is 0. The van der Waals surface area contributed by atoms with Gasteiger partial charge >= 0.3 is 0 Å². The molecular weight excluding hydrogens is 216 g/mol. The average Bonchev–Trinajstić information content (AvgIpc) is 2.79. The maximum absolute atomic E-state index is 4.27. The Balaban J connectivity index is 1.96. The topological polar surface area (TPSA) is 24.9 Å². The van der Waals surface area contributed by atoms with Crippen molar-refractivity contribution in [2.75, 3.05) is 0 Å². The van der Waals surface area contributed by atoms with Gasteiger partial charge in [-0.2, -0.15) is 0 Å². The molecule has 0 radical (unpaired) electrons. The second kappa shape index (κ2) is 8.71. The minimum absolute atomic E-state index is 0.616. The summed E-state index contributed by atoms with van der Waals surface area (Å²) in [5, 5.41) is 6.75. The molecule has 0 aromatic carbocycles. The van der Waals surface area contributed by atoms with Crippen LogP contribution in [0.5, 0.6) is 0 Å². The van der Waals surface area contributed by atoms with Gasteiger partial charge in [0.15, 0.2) is 0 Å². The Bertz CT molecular complexity index is 246. The first-order valence-electron chi connectivity index (χ1n) is 6.44. The van der Waals surface area contributed by atoms with Crippen LogP contribution in [0, 0.1) is 0 Å². The molecule has 1 N–H and O–H groups in total. The first-order chi connectivity index (χ1) is 7.83. The summed E-state index contributed by atoms with van der Waals surface area (Å²) in [6, 6.07) is 0.616. The lowest BCUT2D eigenvalue weighted by molar-refractivity contribution is 0.479. The van der Waals surface area contributed by atoms with E-state index in [-0.39, 0.29) is 0 Å². The second-order valence-electron chi connectivity index (χ2n) is 4.41. The van der Waals surface area contributed by atoms with Gasteiger partial charge < -0.3 is 5.32 Å². The predicted molar refractivity (Wildman–Crippen MR) is 71.8 cm³/mol. The van der Waals surface area contributed by atoms with E-state index in [0.29, 0.717) is 6.04 Å². The second-order valence-corrected chi connectivity index (χ2v) is 5.39. The maximum atomic E-state index is 4.27. The van der Waals surface area contributed by atoms with Gasteiger partial charge in [-0.3, -0.25) is 0 Å². The monoisotopic (exact) mass is 240 g/mol. The van der Waals surface area contributed by atoms with Crippen molar-refractivity contribution in [2.24, 2.45) is 0 Å². The smallest absolute Gasteiger partial charge is 0.106 e. The van der Waals surface area contributed by atoms with Gasteiger partial charge in [0.2, 0.25) is 0 Å². The van der Waals surface area contributed by atoms with Crippen LogP contribution in [0.2, 0.25) is 0 Å². The average molecular weight is 240 g/mol. The highest BCUT2D eigenvalue weighted by atomic mass is 32.1. The summed E-state index contributed by atoms with van der Waals surface area (Å²) in [4.78, 5) is 4.27. The lowest BCUT2D eigenvalue weighted by Gasteiger charge is -2.12. The van der Waals surface area contributed by atoms with E-state index in [1.807, 2.05) is 11.6 Å². The molecule has 16 heavy (non-hydrogen) atoms. The highest BCUT2D eigenvalue weighted by molar-refractivity contribution is 7.09. The molecule has 0 aliphatic heterocycles. The van der Waals surface area contributed by atoms with Gasteiger partial charge in [-0.05, 0) is 13.3 Å². The van der Waals surface area contributed by atoms with Crippen LogP contribution in [0.1, 0.15) is 57.4 Å². The molecule has 0 saturated heterocycles. The first kappa shape index (κ1) is 13.7. The van der Waals surface area contributed by atoms with Gasteiger partial charge in [0.1, 0.15) is 5.01 Å². The number of nitrogens with zero attached hydrogens (tertiary/aromatic N) is 1. The van der Waals surface area contributed by atoms with Crippen LogP contribution < -0.4 is 5.32 Å². The minimum Gasteiger partial charge on any atom is -0.308 e. The van der Waals surface area contributed by atoms with Gasteiger partial charge in [-0.25, -0.2) is 4.98 Å². The molecule has 0 bridgehead atoms. The Morgan fingerprint density at radius 3 is 2.81 bits per heavy atom. The maximum Gasteiger partial charge on any atom is 0.106 e. The molecule has 0 spiro atoms. The standard InChI is InChI=1S/C13H24N2S/c1-3-4-5-6-7-8-12(2)15-11-13-14-9-10-16-13/h9-10,12,15H,3-8,11H2,1-2H3. The Kier molecular flexibility index (Phi) is 7.43. The molecule has 2 nitrogen and oxygen atoms in total. The Labute approximate surface area is 103 Å². The zero-order chi connectivity index (χ0) is 11.6. The zero-order valence-electron chi connectivity index (χ0n) is 10.5. The molecule has 1 aromatic rings. The van der Waals surface area contributed by atoms with Crippen LogP contribution >= 0.6 is 11.3 Å². The van der Waals surface area contributed by atoms with Crippen molar-refractivity contribution < 1.29 is 0 Å². The molecule has 1 aromatic heterocycles. The van der Waals surface area contributed by atoms with E-state index >= 15 is 0 Å². The molecule has 0 aliphatic rings. The van der Waals surface area contributed by atoms with E-state index in [0.717, 1.165) is 6.54 Å². The molecular formula is C13H24N2S. The molecule has 1 rings (SSSR count). The lowest BCUT2D eigenvalue weighted by atomic mass is 10.1. The fraction of sp³-hybridized carbons (Fsp3) is 0.769. The lowest BCUT2D eigenvalue weighted by Crippen LogP contribution is -2.25. The van der Waals surface area contributed by atoms with Gasteiger partial charge in [-0.15, -0.1) is 11.3 Å². The van der Waals surface area contributed by atoms with Gasteiger partial charge in [0.25, 0.3) is 0 Å². The molecule has 0 fully saturated rings. The van der Waals surface area contributed by atoms with Gasteiger partial charge in [-0.1, -0.05) is 39.0 Å². The van der Waals surface area contributed by atoms with Crippen LogP contribution in [0.4, 0.5) is 0 Å². The summed E-state index contributed by atoms with van der Waals surface area (Å²) < 4.78 is 0. The van der Waals surface area contributed by atoms with Crippen LogP contribution in [0.3, 0.4) is 0 Å². The fourth-order valence-corrected chi connectivity index (χ4v) is 2.33. The number of unbranched alkanes of at least 4 members (excludes halogenated alkanes) is 4. The number of nitrogens with one attached hydrogen (secondary N) is 1. The summed E-state index contributed by atoms with van der Waals surface area (Å²) in [5.41, 5.74) is 0. The number of aromatic nitrogens is 1. The largest absolute Gasteiger partial charge is 0.308 e. The van der Waals surface area contributed by atoms with E-state index in [2.05, 4.69) is 24.1 Å². The highest BCUT2D eigenvalue weighted by Gasteiger charge is 2.02. The molecule has 1 unspecified atom stereocenters. The van der Waals surface area contributed by atoms with E-state index in [9.17, 15) is 0 Å². The van der Waals surface area contributed by atoms with E-state index in [4.69, 9.17) is 0 Å². The zero-order valence-corrected chi connectivity index (χ0v) is 11.4. The van der Waals surface area contributed by atoms with E-state index in [1.54, 1.807) is 11.3 Å². The molecule has 0 aliphatic carbocycles. The Morgan fingerprint density at radius 2 is 2.12 bits per heavy atom. The summed E-state index contributed by atoms with van der Waals surface area (Å²) in [7, 11) is 0. The number of hydrogen-bond acceptors (Lipinski definition) is 3. The highest BCUT2D eigenvalue weighted by Crippen LogP contribution is 2.08. The van der Waals surface area contributed by atoms with Crippen molar-refractivity contribution in [3.8, 4) is 0 Å². The quantitative estimate of drug-likeness (QED) is 0.660. The van der Waals surface area contributed by atoms with Crippen molar-refractivity contribution in [1.29, 1.82) is 0 Å². The third-order valence-corrected chi connectivity index (χ3v) is 3.61. The number of hydrogen-bond donors (Lipinski definition) is 1. The van der Waals surface area contributed by atoms with E-state index < -0.39 is 0 Å². The molecule has 92 valence electrons. The molecule has 0 amide bonds. The van der Waals surface area contributed by atoms with Gasteiger partial charge in [0, 0.05) is 24.2 Å². The molecule has 3 heteroatoms. The van der Waals surface area contributed by atoms with Crippen molar-refractivity contribution >= 4 is 11.3 Å². The molecule has 0 saturated carbocycles. The Hall–Kier alpha value is -0.410. The number of rotatable bonds is 9. The summed E-state index contributed by atoms with van der Waals surface area (Å²) >= 11 is 1.73. The van der Waals surface area contributed by atoms with Crippen LogP contribution in [0.15, 0.2) is 11.6 Å². The third-order valence-electron chi connectivity index (χ3n) is 2.83.